The zero-order valence-electron chi connectivity index (χ0n) is 20.5. The van der Waals surface area contributed by atoms with Crippen LogP contribution >= 0.6 is 11.3 Å². The molecule has 0 bridgehead atoms. The predicted molar refractivity (Wildman–Crippen MR) is 138 cm³/mol. The van der Waals surface area contributed by atoms with Gasteiger partial charge in [-0.1, -0.05) is 37.3 Å². The highest BCUT2D eigenvalue weighted by molar-refractivity contribution is 7.10. The number of hydrogen-bond donors (Lipinski definition) is 0. The summed E-state index contributed by atoms with van der Waals surface area (Å²) in [4.78, 5) is 31.8. The summed E-state index contributed by atoms with van der Waals surface area (Å²) in [5, 5.41) is 2.07. The summed E-state index contributed by atoms with van der Waals surface area (Å²) < 4.78 is 11.6. The highest BCUT2D eigenvalue weighted by Gasteiger charge is 2.34. The Morgan fingerprint density at radius 3 is 2.51 bits per heavy atom. The molecule has 35 heavy (non-hydrogen) atoms. The normalized spacial score (nSPS) is 15.7. The van der Waals surface area contributed by atoms with Gasteiger partial charge in [0.25, 0.3) is 5.91 Å². The van der Waals surface area contributed by atoms with E-state index in [1.165, 1.54) is 4.88 Å². The summed E-state index contributed by atoms with van der Waals surface area (Å²) in [5.41, 5.74) is 1.71. The van der Waals surface area contributed by atoms with E-state index < -0.39 is 0 Å². The smallest absolute Gasteiger partial charge is 0.254 e. The molecule has 0 unspecified atom stereocenters. The zero-order valence-corrected chi connectivity index (χ0v) is 21.3. The summed E-state index contributed by atoms with van der Waals surface area (Å²) in [5.74, 6) is 1.11. The van der Waals surface area contributed by atoms with Crippen LogP contribution in [-0.4, -0.2) is 54.5 Å². The molecule has 0 N–H and O–H groups in total. The van der Waals surface area contributed by atoms with Crippen molar-refractivity contribution in [1.82, 2.24) is 9.80 Å². The Labute approximate surface area is 211 Å². The van der Waals surface area contributed by atoms with Crippen LogP contribution in [0.15, 0.2) is 66.0 Å². The first-order valence-electron chi connectivity index (χ1n) is 12.0. The number of carbonyl (C=O) groups is 2. The largest absolute Gasteiger partial charge is 0.493 e. The molecule has 1 aliphatic heterocycles. The topological polar surface area (TPSA) is 59.1 Å². The molecule has 3 aromatic rings. The molecule has 4 rings (SSSR count). The van der Waals surface area contributed by atoms with Crippen LogP contribution in [0, 0.1) is 0 Å². The minimum atomic E-state index is -0.229. The number of fused-ring (bicyclic) bond motifs is 1. The van der Waals surface area contributed by atoms with E-state index in [2.05, 4.69) is 11.4 Å². The molecule has 1 aromatic heterocycles. The number of amides is 2. The summed E-state index contributed by atoms with van der Waals surface area (Å²) in [6, 6.07) is 18.5. The van der Waals surface area contributed by atoms with Gasteiger partial charge >= 0.3 is 0 Å². The lowest BCUT2D eigenvalue weighted by molar-refractivity contribution is -0.136. The second kappa shape index (κ2) is 11.4. The zero-order chi connectivity index (χ0) is 24.8. The number of carbonyl (C=O) groups excluding carboxylic acids is 2. The SMILES string of the molecule is CC[C@H](C)N(CC(=O)N1CCc2sccc2[C@H]1COc1ccccc1OC)C(=O)c1ccccc1. The fourth-order valence-electron chi connectivity index (χ4n) is 4.41. The van der Waals surface area contributed by atoms with Crippen LogP contribution < -0.4 is 9.47 Å². The Bertz CT molecular complexity index is 1150. The third kappa shape index (κ3) is 5.51. The third-order valence-electron chi connectivity index (χ3n) is 6.59. The maximum absolute atomic E-state index is 13.7. The molecule has 7 heteroatoms. The molecule has 0 fully saturated rings. The van der Waals surface area contributed by atoms with Crippen LogP contribution in [0.25, 0.3) is 0 Å². The van der Waals surface area contributed by atoms with E-state index in [1.807, 2.05) is 61.2 Å². The molecule has 6 nitrogen and oxygen atoms in total. The van der Waals surface area contributed by atoms with Crippen molar-refractivity contribution < 1.29 is 19.1 Å². The van der Waals surface area contributed by atoms with Crippen molar-refractivity contribution in [2.75, 3.05) is 26.8 Å². The standard InChI is InChI=1S/C28H32N2O4S/c1-4-20(2)30(28(32)21-10-6-5-7-11-21)18-27(31)29-16-14-26-22(15-17-35-26)23(29)19-34-25-13-9-8-12-24(25)33-3/h5-13,15,17,20,23H,4,14,16,18-19H2,1-3H3/t20-,23+/m0/s1. The lowest BCUT2D eigenvalue weighted by Gasteiger charge is -2.38. The monoisotopic (exact) mass is 492 g/mol. The van der Waals surface area contributed by atoms with Gasteiger partial charge in [-0.3, -0.25) is 9.59 Å². The first-order valence-corrected chi connectivity index (χ1v) is 12.9. The van der Waals surface area contributed by atoms with Gasteiger partial charge in [-0.05, 0) is 61.0 Å². The highest BCUT2D eigenvalue weighted by atomic mass is 32.1. The van der Waals surface area contributed by atoms with Gasteiger partial charge in [0.05, 0.1) is 13.2 Å². The van der Waals surface area contributed by atoms with Crippen molar-refractivity contribution in [3.8, 4) is 11.5 Å². The van der Waals surface area contributed by atoms with E-state index >= 15 is 0 Å². The summed E-state index contributed by atoms with van der Waals surface area (Å²) >= 11 is 1.71. The highest BCUT2D eigenvalue weighted by Crippen LogP contribution is 2.35. The fraction of sp³-hybridized carbons (Fsp3) is 0.357. The minimum Gasteiger partial charge on any atom is -0.493 e. The van der Waals surface area contributed by atoms with Crippen LogP contribution in [-0.2, 0) is 11.2 Å². The van der Waals surface area contributed by atoms with Gasteiger partial charge in [-0.2, -0.15) is 0 Å². The molecule has 1 aliphatic rings. The van der Waals surface area contributed by atoms with Crippen LogP contribution in [0.3, 0.4) is 0 Å². The molecule has 0 aliphatic carbocycles. The second-order valence-corrected chi connectivity index (χ2v) is 9.67. The summed E-state index contributed by atoms with van der Waals surface area (Å²) in [6.07, 6.45) is 1.57. The fourth-order valence-corrected chi connectivity index (χ4v) is 5.34. The number of nitrogens with zero attached hydrogens (tertiary/aromatic N) is 2. The van der Waals surface area contributed by atoms with Gasteiger partial charge < -0.3 is 19.3 Å². The molecule has 2 atom stereocenters. The molecule has 0 saturated carbocycles. The Hall–Kier alpha value is -3.32. The van der Waals surface area contributed by atoms with Crippen molar-refractivity contribution in [1.29, 1.82) is 0 Å². The van der Waals surface area contributed by atoms with E-state index in [-0.39, 0.29) is 30.4 Å². The average molecular weight is 493 g/mol. The minimum absolute atomic E-state index is 0.0351. The maximum atomic E-state index is 13.7. The molecule has 2 amide bonds. The number of rotatable bonds is 9. The quantitative estimate of drug-likeness (QED) is 0.412. The summed E-state index contributed by atoms with van der Waals surface area (Å²) in [7, 11) is 1.61. The van der Waals surface area contributed by atoms with Gasteiger partial charge in [0, 0.05) is 23.0 Å². The number of para-hydroxylation sites is 2. The number of benzene rings is 2. The molecular formula is C28H32N2O4S. The Morgan fingerprint density at radius 1 is 1.09 bits per heavy atom. The average Bonchev–Trinajstić information content (AvgIpc) is 3.39. The second-order valence-electron chi connectivity index (χ2n) is 8.67. The first kappa shape index (κ1) is 24.8. The van der Waals surface area contributed by atoms with E-state index in [0.29, 0.717) is 30.2 Å². The molecule has 0 spiro atoms. The Morgan fingerprint density at radius 2 is 1.80 bits per heavy atom. The molecule has 184 valence electrons. The number of ether oxygens (including phenoxy) is 2. The Balaban J connectivity index is 1.55. The van der Waals surface area contributed by atoms with Gasteiger partial charge in [0.1, 0.15) is 13.2 Å². The van der Waals surface area contributed by atoms with E-state index in [1.54, 1.807) is 35.5 Å². The van der Waals surface area contributed by atoms with Gasteiger partial charge in [0.15, 0.2) is 11.5 Å². The van der Waals surface area contributed by atoms with Gasteiger partial charge in [0.2, 0.25) is 5.91 Å². The molecule has 0 saturated heterocycles. The summed E-state index contributed by atoms with van der Waals surface area (Å²) in [6.45, 7) is 4.96. The maximum Gasteiger partial charge on any atom is 0.254 e. The number of hydrogen-bond acceptors (Lipinski definition) is 5. The molecule has 2 aromatic carbocycles. The predicted octanol–water partition coefficient (Wildman–Crippen LogP) is 5.20. The lowest BCUT2D eigenvalue weighted by atomic mass is 10.00. The van der Waals surface area contributed by atoms with E-state index in [9.17, 15) is 9.59 Å². The van der Waals surface area contributed by atoms with Crippen LogP contribution in [0.5, 0.6) is 11.5 Å². The van der Waals surface area contributed by atoms with Gasteiger partial charge in [-0.15, -0.1) is 11.3 Å². The van der Waals surface area contributed by atoms with Gasteiger partial charge in [-0.25, -0.2) is 0 Å². The first-order chi connectivity index (χ1) is 17.0. The van der Waals surface area contributed by atoms with Crippen molar-refractivity contribution in [3.63, 3.8) is 0 Å². The third-order valence-corrected chi connectivity index (χ3v) is 7.59. The van der Waals surface area contributed by atoms with Crippen LogP contribution in [0.2, 0.25) is 0 Å². The van der Waals surface area contributed by atoms with E-state index in [0.717, 1.165) is 18.4 Å². The van der Waals surface area contributed by atoms with Crippen molar-refractivity contribution in [2.24, 2.45) is 0 Å². The number of thiophene rings is 1. The lowest BCUT2D eigenvalue weighted by Crippen LogP contribution is -2.49. The van der Waals surface area contributed by atoms with Crippen LogP contribution in [0.1, 0.15) is 47.1 Å². The molecule has 2 heterocycles. The van der Waals surface area contributed by atoms with Crippen LogP contribution in [0.4, 0.5) is 0 Å². The van der Waals surface area contributed by atoms with Crippen molar-refractivity contribution in [2.45, 2.75) is 38.8 Å². The Kier molecular flexibility index (Phi) is 8.08. The van der Waals surface area contributed by atoms with E-state index in [4.69, 9.17) is 9.47 Å². The number of methoxy groups -OCH3 is 1. The van der Waals surface area contributed by atoms with Crippen molar-refractivity contribution in [3.05, 3.63) is 82.0 Å². The van der Waals surface area contributed by atoms with Crippen molar-refractivity contribution >= 4 is 23.2 Å². The molecular weight excluding hydrogens is 460 g/mol. The molecule has 0 radical (unpaired) electrons.